The molecule has 0 unspecified atom stereocenters. The van der Waals surface area contributed by atoms with Gasteiger partial charge in [-0.3, -0.25) is 9.59 Å². The lowest BCUT2D eigenvalue weighted by Gasteiger charge is -2.30. The molecule has 0 saturated carbocycles. The molecule has 0 aliphatic rings. The van der Waals surface area contributed by atoms with Crippen LogP contribution in [0, 0.1) is 0 Å². The van der Waals surface area contributed by atoms with Crippen molar-refractivity contribution in [3.05, 3.63) is 68.7 Å². The zero-order valence-electron chi connectivity index (χ0n) is 17.8. The van der Waals surface area contributed by atoms with Gasteiger partial charge in [-0.15, -0.1) is 11.8 Å². The smallest absolute Gasteiger partial charge is 0.242 e. The third-order valence-electron chi connectivity index (χ3n) is 4.97. The monoisotopic (exact) mass is 500 g/mol. The first kappa shape index (κ1) is 25.9. The Labute approximate surface area is 203 Å². The van der Waals surface area contributed by atoms with Gasteiger partial charge in [-0.2, -0.15) is 0 Å². The molecule has 0 heterocycles. The first-order valence-electron chi connectivity index (χ1n) is 10.1. The molecule has 8 heteroatoms. The van der Waals surface area contributed by atoms with Gasteiger partial charge in [0.25, 0.3) is 0 Å². The largest absolute Gasteiger partial charge is 0.352 e. The predicted molar refractivity (Wildman–Crippen MR) is 132 cm³/mol. The Morgan fingerprint density at radius 1 is 1.03 bits per heavy atom. The van der Waals surface area contributed by atoms with Crippen LogP contribution in [0.5, 0.6) is 0 Å². The number of rotatable bonds is 10. The van der Waals surface area contributed by atoms with E-state index >= 15 is 0 Å². The molecule has 1 N–H and O–H groups in total. The number of amides is 2. The molecule has 0 saturated heterocycles. The van der Waals surface area contributed by atoms with E-state index in [2.05, 4.69) is 5.32 Å². The van der Waals surface area contributed by atoms with Crippen LogP contribution in [0.15, 0.2) is 42.5 Å². The number of nitrogens with zero attached hydrogens (tertiary/aromatic N) is 1. The summed E-state index contributed by atoms with van der Waals surface area (Å²) in [4.78, 5) is 27.4. The number of benzene rings is 2. The molecule has 2 rings (SSSR count). The first-order valence-corrected chi connectivity index (χ1v) is 12.4. The summed E-state index contributed by atoms with van der Waals surface area (Å²) in [6, 6.07) is 12.1. The van der Waals surface area contributed by atoms with Crippen molar-refractivity contribution < 1.29 is 9.59 Å². The Kier molecular flexibility index (Phi) is 10.5. The lowest BCUT2D eigenvalue weighted by Crippen LogP contribution is -2.50. The predicted octanol–water partition coefficient (Wildman–Crippen LogP) is 6.21. The third-order valence-corrected chi connectivity index (χ3v) is 6.91. The van der Waals surface area contributed by atoms with E-state index < -0.39 is 6.04 Å². The second kappa shape index (κ2) is 12.6. The van der Waals surface area contributed by atoms with Gasteiger partial charge < -0.3 is 10.2 Å². The summed E-state index contributed by atoms with van der Waals surface area (Å²) >= 11 is 20.1. The van der Waals surface area contributed by atoms with Crippen LogP contribution in [0.25, 0.3) is 0 Å². The molecule has 2 aromatic rings. The number of hydrogen-bond acceptors (Lipinski definition) is 3. The van der Waals surface area contributed by atoms with Crippen molar-refractivity contribution in [3.8, 4) is 0 Å². The standard InChI is InChI=1S/C23H27Cl3N2O2S/c1-4-15(2)27-23(30)16(3)28(12-19-20(25)6-5-7-21(19)26)22(29)14-31-13-17-8-10-18(24)11-9-17/h5-11,15-16H,4,12-14H2,1-3H3,(H,27,30)/t15-,16-/m0/s1. The molecule has 0 aliphatic heterocycles. The molecular weight excluding hydrogens is 475 g/mol. The van der Waals surface area contributed by atoms with Crippen molar-refractivity contribution >= 4 is 58.4 Å². The topological polar surface area (TPSA) is 49.4 Å². The SMILES string of the molecule is CC[C@H](C)NC(=O)[C@H](C)N(Cc1c(Cl)cccc1Cl)C(=O)CSCc1ccc(Cl)cc1. The number of thioether (sulfide) groups is 1. The van der Waals surface area contributed by atoms with E-state index in [9.17, 15) is 9.59 Å². The third kappa shape index (κ3) is 7.90. The normalized spacial score (nSPS) is 12.8. The number of carbonyl (C=O) groups is 2. The highest BCUT2D eigenvalue weighted by Gasteiger charge is 2.27. The fourth-order valence-electron chi connectivity index (χ4n) is 2.82. The summed E-state index contributed by atoms with van der Waals surface area (Å²) < 4.78 is 0. The number of carbonyl (C=O) groups excluding carboxylic acids is 2. The molecule has 4 nitrogen and oxygen atoms in total. The zero-order valence-corrected chi connectivity index (χ0v) is 20.9. The Balaban J connectivity index is 2.14. The number of hydrogen-bond donors (Lipinski definition) is 1. The minimum Gasteiger partial charge on any atom is -0.352 e. The lowest BCUT2D eigenvalue weighted by atomic mass is 10.1. The molecule has 0 spiro atoms. The molecule has 2 amide bonds. The maximum Gasteiger partial charge on any atom is 0.242 e. The molecule has 31 heavy (non-hydrogen) atoms. The van der Waals surface area contributed by atoms with E-state index in [1.54, 1.807) is 30.0 Å². The van der Waals surface area contributed by atoms with Crippen molar-refractivity contribution in [2.45, 2.75) is 51.6 Å². The fraction of sp³-hybridized carbons (Fsp3) is 0.391. The molecule has 0 bridgehead atoms. The summed E-state index contributed by atoms with van der Waals surface area (Å²) in [6.07, 6.45) is 0.805. The quantitative estimate of drug-likeness (QED) is 0.421. The van der Waals surface area contributed by atoms with Crippen LogP contribution in [0.4, 0.5) is 0 Å². The molecule has 0 fully saturated rings. The van der Waals surface area contributed by atoms with Gasteiger partial charge >= 0.3 is 0 Å². The Hall–Kier alpha value is -1.40. The maximum atomic E-state index is 13.1. The van der Waals surface area contributed by atoms with Crippen molar-refractivity contribution in [2.24, 2.45) is 0 Å². The number of halogens is 3. The molecule has 2 atom stereocenters. The van der Waals surface area contributed by atoms with E-state index in [-0.39, 0.29) is 30.2 Å². The lowest BCUT2D eigenvalue weighted by molar-refractivity contribution is -0.138. The molecule has 0 aliphatic carbocycles. The highest BCUT2D eigenvalue weighted by Crippen LogP contribution is 2.27. The van der Waals surface area contributed by atoms with Crippen LogP contribution in [0.1, 0.15) is 38.3 Å². The highest BCUT2D eigenvalue weighted by molar-refractivity contribution is 7.99. The summed E-state index contributed by atoms with van der Waals surface area (Å²) in [5.74, 6) is 0.540. The van der Waals surface area contributed by atoms with Gasteiger partial charge in [-0.05, 0) is 50.1 Å². The highest BCUT2D eigenvalue weighted by atomic mass is 35.5. The zero-order chi connectivity index (χ0) is 23.0. The summed E-state index contributed by atoms with van der Waals surface area (Å²) in [6.45, 7) is 5.82. The van der Waals surface area contributed by atoms with Crippen LogP contribution in [-0.4, -0.2) is 34.6 Å². The van der Waals surface area contributed by atoms with Crippen molar-refractivity contribution in [1.82, 2.24) is 10.2 Å². The van der Waals surface area contributed by atoms with Gasteiger partial charge in [0.2, 0.25) is 11.8 Å². The van der Waals surface area contributed by atoms with Crippen LogP contribution in [-0.2, 0) is 21.9 Å². The summed E-state index contributed by atoms with van der Waals surface area (Å²) in [7, 11) is 0. The van der Waals surface area contributed by atoms with Gasteiger partial charge in [0, 0.05) is 39.0 Å². The second-order valence-corrected chi connectivity index (χ2v) is 9.57. The fourth-order valence-corrected chi connectivity index (χ4v) is 4.34. The van der Waals surface area contributed by atoms with Crippen molar-refractivity contribution in [3.63, 3.8) is 0 Å². The van der Waals surface area contributed by atoms with E-state index in [1.807, 2.05) is 38.1 Å². The van der Waals surface area contributed by atoms with Gasteiger partial charge in [-0.25, -0.2) is 0 Å². The molecule has 0 aromatic heterocycles. The minimum absolute atomic E-state index is 0.0232. The van der Waals surface area contributed by atoms with E-state index in [1.165, 1.54) is 11.8 Å². The summed E-state index contributed by atoms with van der Waals surface area (Å²) in [5, 5.41) is 4.56. The van der Waals surface area contributed by atoms with Crippen molar-refractivity contribution in [2.75, 3.05) is 5.75 Å². The average Bonchev–Trinajstić information content (AvgIpc) is 2.74. The van der Waals surface area contributed by atoms with E-state index in [4.69, 9.17) is 34.8 Å². The van der Waals surface area contributed by atoms with Gasteiger partial charge in [0.15, 0.2) is 0 Å². The Morgan fingerprint density at radius 2 is 1.65 bits per heavy atom. The summed E-state index contributed by atoms with van der Waals surface area (Å²) in [5.41, 5.74) is 1.70. The number of nitrogens with one attached hydrogen (secondary N) is 1. The Bertz CT molecular complexity index is 873. The van der Waals surface area contributed by atoms with E-state index in [0.717, 1.165) is 12.0 Å². The maximum absolute atomic E-state index is 13.1. The second-order valence-electron chi connectivity index (χ2n) is 7.33. The van der Waals surface area contributed by atoms with Crippen LogP contribution >= 0.6 is 46.6 Å². The molecule has 168 valence electrons. The molecule has 0 radical (unpaired) electrons. The van der Waals surface area contributed by atoms with Gasteiger partial charge in [0.05, 0.1) is 5.75 Å². The Morgan fingerprint density at radius 3 is 2.23 bits per heavy atom. The van der Waals surface area contributed by atoms with Crippen molar-refractivity contribution in [1.29, 1.82) is 0 Å². The van der Waals surface area contributed by atoms with Gasteiger partial charge in [-0.1, -0.05) is 59.9 Å². The van der Waals surface area contributed by atoms with Gasteiger partial charge in [0.1, 0.15) is 6.04 Å². The molecule has 2 aromatic carbocycles. The van der Waals surface area contributed by atoms with Crippen LogP contribution < -0.4 is 5.32 Å². The van der Waals surface area contributed by atoms with Crippen LogP contribution in [0.3, 0.4) is 0 Å². The average molecular weight is 502 g/mol. The minimum atomic E-state index is -0.662. The first-order chi connectivity index (χ1) is 14.7. The van der Waals surface area contributed by atoms with Crippen LogP contribution in [0.2, 0.25) is 15.1 Å². The molecular formula is C23H27Cl3N2O2S. The van der Waals surface area contributed by atoms with E-state index in [0.29, 0.717) is 26.4 Å².